The number of alkyl halides is 1. The maximum Gasteiger partial charge on any atom is 0.179 e. The van der Waals surface area contributed by atoms with Gasteiger partial charge in [0.15, 0.2) is 16.3 Å². The number of hydrogen-bond donors (Lipinski definition) is 0. The largest absolute Gasteiger partial charge is 0.418 e. The molecule has 0 bridgehead atoms. The molecule has 0 saturated carbocycles. The van der Waals surface area contributed by atoms with Crippen molar-refractivity contribution in [2.75, 3.05) is 5.33 Å². The van der Waals surface area contributed by atoms with E-state index in [4.69, 9.17) is 3.83 Å². The third kappa shape index (κ3) is 2.83. The second-order valence-corrected chi connectivity index (χ2v) is 3.28. The fraction of sp³-hybridized carbons (Fsp3) is 0.250. The zero-order valence-corrected chi connectivity index (χ0v) is 9.06. The second kappa shape index (κ2) is 4.78. The van der Waals surface area contributed by atoms with Crippen LogP contribution in [-0.2, 0) is 6.42 Å². The summed E-state index contributed by atoms with van der Waals surface area (Å²) in [5.74, 6) is 0.836. The standard InChI is InChI=1S/C8H8Br2O/c9-6-5-7-1-3-8(11-10)4-2-7/h1-4H,5-6H2. The van der Waals surface area contributed by atoms with Crippen LogP contribution in [0.5, 0.6) is 5.75 Å². The van der Waals surface area contributed by atoms with Crippen LogP contribution >= 0.6 is 32.2 Å². The quantitative estimate of drug-likeness (QED) is 0.772. The molecule has 1 aromatic carbocycles. The molecule has 1 nitrogen and oxygen atoms in total. The summed E-state index contributed by atoms with van der Waals surface area (Å²) in [6.07, 6.45) is 1.06. The van der Waals surface area contributed by atoms with Gasteiger partial charge in [-0.25, -0.2) is 0 Å². The summed E-state index contributed by atoms with van der Waals surface area (Å²) in [4.78, 5) is 0. The highest BCUT2D eigenvalue weighted by Crippen LogP contribution is 2.14. The number of hydrogen-bond acceptors (Lipinski definition) is 1. The molecule has 60 valence electrons. The number of benzene rings is 1. The summed E-state index contributed by atoms with van der Waals surface area (Å²) in [7, 11) is 0. The predicted molar refractivity (Wildman–Crippen MR) is 53.5 cm³/mol. The summed E-state index contributed by atoms with van der Waals surface area (Å²) in [6, 6.07) is 7.98. The van der Waals surface area contributed by atoms with Crippen LogP contribution in [0.25, 0.3) is 0 Å². The van der Waals surface area contributed by atoms with Gasteiger partial charge in [0.05, 0.1) is 0 Å². The molecule has 1 rings (SSSR count). The van der Waals surface area contributed by atoms with Crippen LogP contribution in [0, 0.1) is 0 Å². The minimum absolute atomic E-state index is 0.836. The molecule has 0 spiro atoms. The molecule has 0 unspecified atom stereocenters. The first-order valence-corrected chi connectivity index (χ1v) is 5.07. The summed E-state index contributed by atoms with van der Waals surface area (Å²) in [5.41, 5.74) is 1.31. The van der Waals surface area contributed by atoms with Crippen LogP contribution in [0.4, 0.5) is 0 Å². The van der Waals surface area contributed by atoms with Crippen molar-refractivity contribution in [3.05, 3.63) is 29.8 Å². The van der Waals surface area contributed by atoms with Gasteiger partial charge in [-0.3, -0.25) is 0 Å². The van der Waals surface area contributed by atoms with Crippen LogP contribution in [0.3, 0.4) is 0 Å². The zero-order valence-electron chi connectivity index (χ0n) is 5.89. The summed E-state index contributed by atoms with van der Waals surface area (Å²) < 4.78 is 4.85. The molecule has 0 atom stereocenters. The molecular weight excluding hydrogens is 272 g/mol. The van der Waals surface area contributed by atoms with E-state index in [0.29, 0.717) is 0 Å². The molecule has 0 N–H and O–H groups in total. The molecule has 0 heterocycles. The van der Waals surface area contributed by atoms with Crippen LogP contribution in [0.1, 0.15) is 5.56 Å². The van der Waals surface area contributed by atoms with E-state index in [1.165, 1.54) is 5.56 Å². The average molecular weight is 280 g/mol. The van der Waals surface area contributed by atoms with Crippen molar-refractivity contribution in [3.8, 4) is 5.75 Å². The molecule has 0 aromatic heterocycles. The topological polar surface area (TPSA) is 9.23 Å². The smallest absolute Gasteiger partial charge is 0.179 e. The van der Waals surface area contributed by atoms with Crippen molar-refractivity contribution in [3.63, 3.8) is 0 Å². The van der Waals surface area contributed by atoms with Crippen LogP contribution in [0.2, 0.25) is 0 Å². The van der Waals surface area contributed by atoms with Gasteiger partial charge in [0.25, 0.3) is 0 Å². The average Bonchev–Trinajstić information content (AvgIpc) is 2.07. The Morgan fingerprint density at radius 1 is 1.18 bits per heavy atom. The Labute approximate surface area is 83.3 Å². The zero-order chi connectivity index (χ0) is 8.10. The first-order valence-electron chi connectivity index (χ1n) is 3.30. The third-order valence-electron chi connectivity index (χ3n) is 1.40. The molecule has 0 amide bonds. The molecule has 0 saturated heterocycles. The molecule has 0 fully saturated rings. The van der Waals surface area contributed by atoms with Crippen molar-refractivity contribution >= 4 is 32.2 Å². The fourth-order valence-electron chi connectivity index (χ4n) is 0.817. The molecule has 0 radical (unpaired) electrons. The first-order chi connectivity index (χ1) is 5.36. The fourth-order valence-corrected chi connectivity index (χ4v) is 1.49. The normalized spacial score (nSPS) is 9.64. The highest BCUT2D eigenvalue weighted by atomic mass is 79.9. The molecule has 0 aliphatic carbocycles. The van der Waals surface area contributed by atoms with Crippen LogP contribution < -0.4 is 3.83 Å². The van der Waals surface area contributed by atoms with Crippen LogP contribution in [0.15, 0.2) is 24.3 Å². The van der Waals surface area contributed by atoms with Crippen molar-refractivity contribution in [2.45, 2.75) is 6.42 Å². The predicted octanol–water partition coefficient (Wildman–Crippen LogP) is 3.31. The van der Waals surface area contributed by atoms with E-state index in [-0.39, 0.29) is 0 Å². The maximum absolute atomic E-state index is 4.85. The Balaban J connectivity index is 2.66. The van der Waals surface area contributed by atoms with Gasteiger partial charge in [-0.05, 0) is 24.1 Å². The van der Waals surface area contributed by atoms with E-state index < -0.39 is 0 Å². The molecule has 3 heteroatoms. The van der Waals surface area contributed by atoms with Gasteiger partial charge in [-0.2, -0.15) is 0 Å². The third-order valence-corrected chi connectivity index (χ3v) is 2.17. The van der Waals surface area contributed by atoms with E-state index >= 15 is 0 Å². The van der Waals surface area contributed by atoms with Gasteiger partial charge in [0, 0.05) is 5.33 Å². The monoisotopic (exact) mass is 278 g/mol. The number of rotatable bonds is 3. The highest BCUT2D eigenvalue weighted by molar-refractivity contribution is 9.09. The Kier molecular flexibility index (Phi) is 3.94. The van der Waals surface area contributed by atoms with Crippen molar-refractivity contribution < 1.29 is 3.83 Å². The van der Waals surface area contributed by atoms with Crippen molar-refractivity contribution in [1.29, 1.82) is 0 Å². The number of aryl methyl sites for hydroxylation is 1. The lowest BCUT2D eigenvalue weighted by molar-refractivity contribution is 0.678. The van der Waals surface area contributed by atoms with E-state index in [1.807, 2.05) is 12.1 Å². The van der Waals surface area contributed by atoms with Gasteiger partial charge in [-0.1, -0.05) is 28.1 Å². The molecule has 1 aromatic rings. The summed E-state index contributed by atoms with van der Waals surface area (Å²) in [5, 5.41) is 1.00. The van der Waals surface area contributed by atoms with Crippen molar-refractivity contribution in [1.82, 2.24) is 0 Å². The summed E-state index contributed by atoms with van der Waals surface area (Å²) >= 11 is 6.29. The maximum atomic E-state index is 4.85. The van der Waals surface area contributed by atoms with Gasteiger partial charge in [0.1, 0.15) is 5.75 Å². The first kappa shape index (κ1) is 9.07. The Bertz CT molecular complexity index is 208. The molecule has 0 aliphatic rings. The lowest BCUT2D eigenvalue weighted by Gasteiger charge is -1.98. The molecule has 0 aliphatic heterocycles. The SMILES string of the molecule is BrCCc1ccc(OBr)cc1. The summed E-state index contributed by atoms with van der Waals surface area (Å²) in [6.45, 7) is 0. The Hall–Kier alpha value is -0.0200. The minimum Gasteiger partial charge on any atom is -0.418 e. The van der Waals surface area contributed by atoms with E-state index in [9.17, 15) is 0 Å². The highest BCUT2D eigenvalue weighted by Gasteiger charge is 1.92. The van der Waals surface area contributed by atoms with E-state index in [2.05, 4.69) is 44.3 Å². The lowest BCUT2D eigenvalue weighted by Crippen LogP contribution is -1.84. The number of halogens is 2. The molecular formula is C8H8Br2O. The molecule has 11 heavy (non-hydrogen) atoms. The Morgan fingerprint density at radius 3 is 2.27 bits per heavy atom. The van der Waals surface area contributed by atoms with Gasteiger partial charge in [0.2, 0.25) is 0 Å². The van der Waals surface area contributed by atoms with Gasteiger partial charge >= 0.3 is 0 Å². The minimum atomic E-state index is 0.836. The van der Waals surface area contributed by atoms with Crippen molar-refractivity contribution in [2.24, 2.45) is 0 Å². The van der Waals surface area contributed by atoms with Crippen LogP contribution in [-0.4, -0.2) is 5.33 Å². The van der Waals surface area contributed by atoms with E-state index in [1.54, 1.807) is 0 Å². The lowest BCUT2D eigenvalue weighted by atomic mass is 10.2. The van der Waals surface area contributed by atoms with E-state index in [0.717, 1.165) is 17.5 Å². The second-order valence-electron chi connectivity index (χ2n) is 2.16. The van der Waals surface area contributed by atoms with Gasteiger partial charge in [-0.15, -0.1) is 0 Å². The Morgan fingerprint density at radius 2 is 1.82 bits per heavy atom. The van der Waals surface area contributed by atoms with Gasteiger partial charge < -0.3 is 3.83 Å².